The van der Waals surface area contributed by atoms with Gasteiger partial charge in [-0.25, -0.2) is 26.7 Å². The van der Waals surface area contributed by atoms with E-state index in [1.165, 1.54) is 18.2 Å². The Kier molecular flexibility index (Phi) is 5.59. The van der Waals surface area contributed by atoms with Crippen molar-refractivity contribution >= 4 is 15.8 Å². The molecule has 162 valence electrons. The van der Waals surface area contributed by atoms with E-state index in [0.717, 1.165) is 10.8 Å². The third-order valence-corrected chi connectivity index (χ3v) is 6.90. The summed E-state index contributed by atoms with van der Waals surface area (Å²) in [7, 11) is -3.89. The van der Waals surface area contributed by atoms with E-state index in [1.54, 1.807) is 30.3 Å². The van der Waals surface area contributed by atoms with Crippen molar-refractivity contribution in [3.8, 4) is 11.1 Å². The Hall–Kier alpha value is -3.11. The normalized spacial score (nSPS) is 18.9. The van der Waals surface area contributed by atoms with E-state index in [4.69, 9.17) is 5.73 Å². The summed E-state index contributed by atoms with van der Waals surface area (Å²) < 4.78 is 57.4. The topological polar surface area (TPSA) is 107 Å². The van der Waals surface area contributed by atoms with Crippen LogP contribution in [0.2, 0.25) is 0 Å². The maximum Gasteiger partial charge on any atom is 0.349 e. The number of nitrogen functional groups attached to an aromatic ring is 1. The molecule has 0 saturated heterocycles. The molecular formula is C21H20F2N4O3S. The molecule has 1 saturated carbocycles. The first kappa shape index (κ1) is 21.1. The van der Waals surface area contributed by atoms with Gasteiger partial charge in [0, 0.05) is 23.8 Å². The maximum atomic E-state index is 14.1. The molecule has 2 aromatic carbocycles. The summed E-state index contributed by atoms with van der Waals surface area (Å²) in [6.45, 7) is 0. The van der Waals surface area contributed by atoms with E-state index in [-0.39, 0.29) is 4.90 Å². The highest BCUT2D eigenvalue weighted by Crippen LogP contribution is 2.31. The number of nitrogens with zero attached hydrogens (tertiary/aromatic N) is 2. The van der Waals surface area contributed by atoms with E-state index in [0.29, 0.717) is 30.4 Å². The fourth-order valence-electron chi connectivity index (χ4n) is 3.85. The Balaban J connectivity index is 1.53. The fourth-order valence-corrected chi connectivity index (χ4v) is 5.18. The molecule has 1 aromatic heterocycles. The van der Waals surface area contributed by atoms with Crippen molar-refractivity contribution in [2.45, 2.75) is 36.2 Å². The van der Waals surface area contributed by atoms with Crippen LogP contribution in [0.5, 0.6) is 0 Å². The van der Waals surface area contributed by atoms with Gasteiger partial charge < -0.3 is 5.73 Å². The predicted octanol–water partition coefficient (Wildman–Crippen LogP) is 2.84. The van der Waals surface area contributed by atoms with Crippen molar-refractivity contribution < 1.29 is 17.2 Å². The number of hydrogen-bond donors (Lipinski definition) is 2. The molecular weight excluding hydrogens is 426 g/mol. The number of anilines is 1. The molecule has 4 rings (SSSR count). The molecule has 1 aliphatic carbocycles. The van der Waals surface area contributed by atoms with Gasteiger partial charge in [0.15, 0.2) is 11.6 Å². The Labute approximate surface area is 177 Å². The van der Waals surface area contributed by atoms with Crippen LogP contribution in [-0.2, 0) is 10.0 Å². The van der Waals surface area contributed by atoms with Crippen molar-refractivity contribution in [3.63, 3.8) is 0 Å². The number of aromatic nitrogens is 2. The van der Waals surface area contributed by atoms with Crippen molar-refractivity contribution in [2.75, 3.05) is 5.73 Å². The number of rotatable bonds is 5. The van der Waals surface area contributed by atoms with E-state index in [9.17, 15) is 22.0 Å². The minimum absolute atomic E-state index is 0.00839. The molecule has 0 bridgehead atoms. The van der Waals surface area contributed by atoms with Crippen LogP contribution in [0, 0.1) is 11.6 Å². The van der Waals surface area contributed by atoms with Crippen LogP contribution in [0.3, 0.4) is 0 Å². The van der Waals surface area contributed by atoms with Gasteiger partial charge in [-0.15, -0.1) is 0 Å². The average molecular weight is 446 g/mol. The van der Waals surface area contributed by atoms with Crippen molar-refractivity contribution in [2.24, 2.45) is 0 Å². The average Bonchev–Trinajstić information content (AvgIpc) is 3.18. The summed E-state index contributed by atoms with van der Waals surface area (Å²) >= 11 is 0. The third kappa shape index (κ3) is 4.35. The van der Waals surface area contributed by atoms with Crippen LogP contribution >= 0.6 is 0 Å². The summed E-state index contributed by atoms with van der Waals surface area (Å²) in [5.74, 6) is -1.71. The largest absolute Gasteiger partial charge is 0.381 e. The number of nitrogens with one attached hydrogen (secondary N) is 1. The molecule has 0 amide bonds. The molecule has 3 aromatic rings. The predicted molar refractivity (Wildman–Crippen MR) is 112 cm³/mol. The Bertz CT molecular complexity index is 1290. The smallest absolute Gasteiger partial charge is 0.349 e. The highest BCUT2D eigenvalue weighted by atomic mass is 32.2. The second kappa shape index (κ2) is 8.20. The fraction of sp³-hybridized carbons (Fsp3) is 0.238. The Morgan fingerprint density at radius 3 is 2.61 bits per heavy atom. The SMILES string of the molecule is Nc1nc(=O)n(C2CCC(NS(=O)(=O)c3cccc(-c4ccccc4F)c3)C2)cc1F. The van der Waals surface area contributed by atoms with E-state index >= 15 is 0 Å². The highest BCUT2D eigenvalue weighted by molar-refractivity contribution is 7.89. The van der Waals surface area contributed by atoms with Gasteiger partial charge >= 0.3 is 5.69 Å². The lowest BCUT2D eigenvalue weighted by Gasteiger charge is -2.16. The lowest BCUT2D eigenvalue weighted by atomic mass is 10.1. The van der Waals surface area contributed by atoms with Gasteiger partial charge in [0.25, 0.3) is 0 Å². The molecule has 2 unspecified atom stereocenters. The first-order chi connectivity index (χ1) is 14.7. The molecule has 0 spiro atoms. The number of sulfonamides is 1. The lowest BCUT2D eigenvalue weighted by molar-refractivity contribution is 0.461. The second-order valence-electron chi connectivity index (χ2n) is 7.46. The van der Waals surface area contributed by atoms with E-state index < -0.39 is 45.2 Å². The minimum atomic E-state index is -3.89. The summed E-state index contributed by atoms with van der Waals surface area (Å²) in [6, 6.07) is 11.3. The second-order valence-corrected chi connectivity index (χ2v) is 9.17. The first-order valence-electron chi connectivity index (χ1n) is 9.66. The van der Waals surface area contributed by atoms with Gasteiger partial charge in [-0.05, 0) is 43.0 Å². The van der Waals surface area contributed by atoms with Gasteiger partial charge in [0.05, 0.1) is 4.90 Å². The van der Waals surface area contributed by atoms with Gasteiger partial charge in [0.1, 0.15) is 5.82 Å². The molecule has 1 fully saturated rings. The molecule has 0 radical (unpaired) electrons. The van der Waals surface area contributed by atoms with Crippen molar-refractivity contribution in [1.82, 2.24) is 14.3 Å². The van der Waals surface area contributed by atoms with Crippen LogP contribution in [0.25, 0.3) is 11.1 Å². The van der Waals surface area contributed by atoms with Crippen LogP contribution < -0.4 is 16.1 Å². The molecule has 0 aliphatic heterocycles. The van der Waals surface area contributed by atoms with Crippen molar-refractivity contribution in [3.05, 3.63) is 76.8 Å². The van der Waals surface area contributed by atoms with Gasteiger partial charge in [-0.2, -0.15) is 4.98 Å². The van der Waals surface area contributed by atoms with Crippen LogP contribution in [0.4, 0.5) is 14.6 Å². The van der Waals surface area contributed by atoms with E-state index in [1.807, 2.05) is 0 Å². The zero-order valence-electron chi connectivity index (χ0n) is 16.3. The summed E-state index contributed by atoms with van der Waals surface area (Å²) in [4.78, 5) is 15.5. The van der Waals surface area contributed by atoms with Crippen molar-refractivity contribution in [1.29, 1.82) is 0 Å². The highest BCUT2D eigenvalue weighted by Gasteiger charge is 2.31. The van der Waals surface area contributed by atoms with E-state index in [2.05, 4.69) is 9.71 Å². The van der Waals surface area contributed by atoms with Crippen LogP contribution in [0.1, 0.15) is 25.3 Å². The number of nitrogens with two attached hydrogens (primary N) is 1. The molecule has 10 heteroatoms. The quantitative estimate of drug-likeness (QED) is 0.627. The zero-order chi connectivity index (χ0) is 22.2. The van der Waals surface area contributed by atoms with Gasteiger partial charge in [-0.3, -0.25) is 4.57 Å². The molecule has 1 aliphatic rings. The zero-order valence-corrected chi connectivity index (χ0v) is 17.1. The van der Waals surface area contributed by atoms with Crippen LogP contribution in [-0.4, -0.2) is 24.0 Å². The summed E-state index contributed by atoms with van der Waals surface area (Å²) in [5.41, 5.74) is 5.38. The summed E-state index contributed by atoms with van der Waals surface area (Å²) in [6.07, 6.45) is 2.25. The maximum absolute atomic E-state index is 14.1. The first-order valence-corrected chi connectivity index (χ1v) is 11.1. The molecule has 3 N–H and O–H groups in total. The standard InChI is InChI=1S/C21H20F2N4O3S/c22-18-7-2-1-6-17(18)13-4-3-5-16(10-13)31(29,30)26-14-8-9-15(11-14)27-12-19(23)20(24)25-21(27)28/h1-7,10,12,14-15,26H,8-9,11H2,(H2,24,25,28). The van der Waals surface area contributed by atoms with Gasteiger partial charge in [0.2, 0.25) is 10.0 Å². The monoisotopic (exact) mass is 446 g/mol. The molecule has 1 heterocycles. The molecule has 2 atom stereocenters. The number of benzene rings is 2. The summed E-state index contributed by atoms with van der Waals surface area (Å²) in [5, 5.41) is 0. The number of halogens is 2. The third-order valence-electron chi connectivity index (χ3n) is 5.38. The molecule has 7 nitrogen and oxygen atoms in total. The Morgan fingerprint density at radius 1 is 1.06 bits per heavy atom. The Morgan fingerprint density at radius 2 is 1.84 bits per heavy atom. The minimum Gasteiger partial charge on any atom is -0.381 e. The molecule has 31 heavy (non-hydrogen) atoms. The van der Waals surface area contributed by atoms with Crippen LogP contribution in [0.15, 0.2) is 64.4 Å². The van der Waals surface area contributed by atoms with Gasteiger partial charge in [-0.1, -0.05) is 30.3 Å². The number of hydrogen-bond acceptors (Lipinski definition) is 5. The lowest BCUT2D eigenvalue weighted by Crippen LogP contribution is -2.34.